The Labute approximate surface area is 132 Å². The predicted molar refractivity (Wildman–Crippen MR) is 84.1 cm³/mol. The van der Waals surface area contributed by atoms with Gasteiger partial charge in [-0.05, 0) is 43.8 Å². The first-order chi connectivity index (χ1) is 10.4. The second-order valence-corrected chi connectivity index (χ2v) is 5.27. The number of nitro groups is 1. The third kappa shape index (κ3) is 3.59. The average Bonchev–Trinajstić information content (AvgIpc) is 2.44. The maximum absolute atomic E-state index is 12.0. The van der Waals surface area contributed by atoms with Crippen LogP contribution in [0.25, 0.3) is 0 Å². The van der Waals surface area contributed by atoms with Gasteiger partial charge in [-0.15, -0.1) is 0 Å². The van der Waals surface area contributed by atoms with Crippen LogP contribution in [0.3, 0.4) is 0 Å². The van der Waals surface area contributed by atoms with Crippen molar-refractivity contribution in [3.05, 3.63) is 50.7 Å². The molecular weight excluding hydrogens is 306 g/mol. The van der Waals surface area contributed by atoms with Crippen molar-refractivity contribution in [3.8, 4) is 0 Å². The van der Waals surface area contributed by atoms with E-state index in [4.69, 9.17) is 17.0 Å². The number of nitrogens with zero attached hydrogens (tertiary/aromatic N) is 1. The van der Waals surface area contributed by atoms with Crippen LogP contribution < -0.4 is 10.6 Å². The summed E-state index contributed by atoms with van der Waals surface area (Å²) >= 11 is 4.95. The molecule has 0 aromatic heterocycles. The number of esters is 1. The number of ether oxygens (including phenoxy) is 1. The van der Waals surface area contributed by atoms with Crippen molar-refractivity contribution >= 4 is 29.0 Å². The van der Waals surface area contributed by atoms with Gasteiger partial charge in [0.15, 0.2) is 5.11 Å². The van der Waals surface area contributed by atoms with Gasteiger partial charge in [-0.1, -0.05) is 0 Å². The third-order valence-electron chi connectivity index (χ3n) is 3.25. The Kier molecular flexibility index (Phi) is 4.71. The van der Waals surface area contributed by atoms with E-state index in [0.717, 1.165) is 0 Å². The highest BCUT2D eigenvalue weighted by atomic mass is 32.1. The van der Waals surface area contributed by atoms with Crippen molar-refractivity contribution in [2.75, 3.05) is 6.54 Å². The molecule has 1 aromatic rings. The number of benzene rings is 1. The van der Waals surface area contributed by atoms with Crippen LogP contribution in [0.5, 0.6) is 0 Å². The topological polar surface area (TPSA) is 93.5 Å². The lowest BCUT2D eigenvalue weighted by atomic mass is 10.1. The molecule has 0 fully saturated rings. The zero-order valence-corrected chi connectivity index (χ0v) is 13.0. The Balaban J connectivity index is 2.03. The number of thiocarbonyl (C=S) groups is 1. The number of carbonyl (C=O) groups excluding carboxylic acids is 1. The number of nitrogens with one attached hydrogen (secondary N) is 2. The molecule has 22 heavy (non-hydrogen) atoms. The largest absolute Gasteiger partial charge is 0.457 e. The molecule has 0 saturated heterocycles. The maximum atomic E-state index is 12.0. The van der Waals surface area contributed by atoms with Gasteiger partial charge < -0.3 is 15.4 Å². The van der Waals surface area contributed by atoms with Crippen LogP contribution in [0, 0.1) is 17.0 Å². The molecule has 116 valence electrons. The Morgan fingerprint density at radius 3 is 2.77 bits per heavy atom. The lowest BCUT2D eigenvalue weighted by molar-refractivity contribution is -0.385. The van der Waals surface area contributed by atoms with Gasteiger partial charge in [-0.25, -0.2) is 4.79 Å². The number of rotatable bonds is 4. The molecule has 7 nitrogen and oxygen atoms in total. The molecule has 0 atom stereocenters. The Hall–Kier alpha value is -2.48. The fourth-order valence-electron chi connectivity index (χ4n) is 2.06. The number of carbonyl (C=O) groups is 1. The van der Waals surface area contributed by atoms with Gasteiger partial charge in [-0.2, -0.15) is 0 Å². The van der Waals surface area contributed by atoms with Gasteiger partial charge in [0.1, 0.15) is 6.61 Å². The molecule has 8 heteroatoms. The van der Waals surface area contributed by atoms with Crippen molar-refractivity contribution in [1.29, 1.82) is 0 Å². The molecule has 1 heterocycles. The quantitative estimate of drug-likeness (QED) is 0.377. The first-order valence-electron chi connectivity index (χ1n) is 6.54. The molecule has 0 bridgehead atoms. The number of nitro benzene ring substituents is 1. The summed E-state index contributed by atoms with van der Waals surface area (Å²) in [6, 6.07) is 4.62. The van der Waals surface area contributed by atoms with Crippen LogP contribution in [0.15, 0.2) is 29.5 Å². The summed E-state index contributed by atoms with van der Waals surface area (Å²) in [7, 11) is 0. The van der Waals surface area contributed by atoms with Gasteiger partial charge in [0.05, 0.1) is 17.0 Å². The fraction of sp³-hybridized carbons (Fsp3) is 0.286. The molecule has 1 aliphatic heterocycles. The number of allylic oxidation sites excluding steroid dienone is 1. The summed E-state index contributed by atoms with van der Waals surface area (Å²) in [5.74, 6) is -0.448. The van der Waals surface area contributed by atoms with Crippen LogP contribution in [0.2, 0.25) is 0 Å². The highest BCUT2D eigenvalue weighted by Gasteiger charge is 2.20. The summed E-state index contributed by atoms with van der Waals surface area (Å²) in [5, 5.41) is 16.9. The van der Waals surface area contributed by atoms with Crippen LogP contribution in [-0.2, 0) is 16.1 Å². The summed E-state index contributed by atoms with van der Waals surface area (Å²) in [5.41, 5.74) is 2.41. The molecule has 1 aliphatic rings. The zero-order chi connectivity index (χ0) is 16.3. The predicted octanol–water partition coefficient (Wildman–Crippen LogP) is 1.70. The smallest absolute Gasteiger partial charge is 0.337 e. The molecular formula is C14H15N3O4S. The third-order valence-corrected chi connectivity index (χ3v) is 3.50. The van der Waals surface area contributed by atoms with Crippen LogP contribution in [0.4, 0.5) is 5.69 Å². The van der Waals surface area contributed by atoms with Crippen LogP contribution in [-0.4, -0.2) is 22.5 Å². The molecule has 1 aromatic carbocycles. The lowest BCUT2D eigenvalue weighted by Crippen LogP contribution is -2.42. The fourth-order valence-corrected chi connectivity index (χ4v) is 2.29. The maximum Gasteiger partial charge on any atom is 0.337 e. The standard InChI is InChI=1S/C14H15N3O4S/c1-8-5-10(3-4-12(8)17(19)20)7-21-13(18)11-6-15-14(22)16-9(11)2/h3-5H,6-7H2,1-2H3,(H2,15,16,22). The minimum Gasteiger partial charge on any atom is -0.457 e. The van der Waals surface area contributed by atoms with Gasteiger partial charge >= 0.3 is 5.97 Å². The zero-order valence-electron chi connectivity index (χ0n) is 12.1. The van der Waals surface area contributed by atoms with Crippen molar-refractivity contribution in [1.82, 2.24) is 10.6 Å². The van der Waals surface area contributed by atoms with E-state index >= 15 is 0 Å². The van der Waals surface area contributed by atoms with E-state index in [-0.39, 0.29) is 12.3 Å². The monoisotopic (exact) mass is 321 g/mol. The first kappa shape index (κ1) is 15.9. The first-order valence-corrected chi connectivity index (χ1v) is 6.95. The Morgan fingerprint density at radius 2 is 2.18 bits per heavy atom. The normalized spacial score (nSPS) is 14.2. The van der Waals surface area contributed by atoms with Crippen molar-refractivity contribution in [2.24, 2.45) is 0 Å². The van der Waals surface area contributed by atoms with Gasteiger partial charge in [0, 0.05) is 17.3 Å². The summed E-state index contributed by atoms with van der Waals surface area (Å²) in [6.45, 7) is 3.76. The Morgan fingerprint density at radius 1 is 1.45 bits per heavy atom. The lowest BCUT2D eigenvalue weighted by Gasteiger charge is -2.20. The minimum atomic E-state index is -0.448. The Bertz CT molecular complexity index is 685. The summed E-state index contributed by atoms with van der Waals surface area (Å²) < 4.78 is 5.24. The second-order valence-electron chi connectivity index (χ2n) is 4.87. The van der Waals surface area contributed by atoms with Crippen molar-refractivity contribution in [3.63, 3.8) is 0 Å². The number of aryl methyl sites for hydroxylation is 1. The van der Waals surface area contributed by atoms with Crippen molar-refractivity contribution < 1.29 is 14.5 Å². The van der Waals surface area contributed by atoms with E-state index in [1.165, 1.54) is 6.07 Å². The average molecular weight is 321 g/mol. The van der Waals surface area contributed by atoms with E-state index in [2.05, 4.69) is 10.6 Å². The molecule has 0 unspecified atom stereocenters. The van der Waals surface area contributed by atoms with Crippen LogP contribution >= 0.6 is 12.2 Å². The molecule has 0 amide bonds. The minimum absolute atomic E-state index is 0.0443. The summed E-state index contributed by atoms with van der Waals surface area (Å²) in [4.78, 5) is 22.4. The SMILES string of the molecule is CC1=C(C(=O)OCc2ccc([N+](=O)[O-])c(C)c2)CNC(=S)N1. The molecule has 0 radical (unpaired) electrons. The van der Waals surface area contributed by atoms with E-state index < -0.39 is 10.9 Å². The summed E-state index contributed by atoms with van der Waals surface area (Å²) in [6.07, 6.45) is 0. The second kappa shape index (κ2) is 6.52. The molecule has 0 spiro atoms. The van der Waals surface area contributed by atoms with Gasteiger partial charge in [0.2, 0.25) is 0 Å². The highest BCUT2D eigenvalue weighted by Crippen LogP contribution is 2.19. The molecule has 2 rings (SSSR count). The highest BCUT2D eigenvalue weighted by molar-refractivity contribution is 7.80. The van der Waals surface area contributed by atoms with Crippen LogP contribution in [0.1, 0.15) is 18.1 Å². The number of hydrogen-bond acceptors (Lipinski definition) is 5. The van der Waals surface area contributed by atoms with Crippen molar-refractivity contribution in [2.45, 2.75) is 20.5 Å². The number of hydrogen-bond donors (Lipinski definition) is 2. The molecule has 2 N–H and O–H groups in total. The van der Waals surface area contributed by atoms with E-state index in [0.29, 0.717) is 34.1 Å². The van der Waals surface area contributed by atoms with E-state index in [1.54, 1.807) is 26.0 Å². The van der Waals surface area contributed by atoms with Gasteiger partial charge in [0.25, 0.3) is 5.69 Å². The van der Waals surface area contributed by atoms with E-state index in [9.17, 15) is 14.9 Å². The molecule has 0 saturated carbocycles. The molecule has 0 aliphatic carbocycles. The van der Waals surface area contributed by atoms with Gasteiger partial charge in [-0.3, -0.25) is 10.1 Å². The van der Waals surface area contributed by atoms with E-state index in [1.807, 2.05) is 0 Å².